The minimum Gasteiger partial charge on any atom is -0.348 e. The van der Waals surface area contributed by atoms with Crippen LogP contribution in [0.4, 0.5) is 0 Å². The van der Waals surface area contributed by atoms with Gasteiger partial charge in [0.05, 0.1) is 0 Å². The van der Waals surface area contributed by atoms with Crippen molar-refractivity contribution in [1.82, 2.24) is 10.3 Å². The standard InChI is InChI=1S/C16H24N2O2/c1-10(2)12-8-7-11(3)9-14(12)18-16(20)13-5-4-6-15(19)17-13/h4-6,10-12,14H,7-9H2,1-3H3,(H,17,19)(H,18,20). The summed E-state index contributed by atoms with van der Waals surface area (Å²) in [5, 5.41) is 3.12. The number of H-pyrrole nitrogens is 1. The van der Waals surface area contributed by atoms with Crippen LogP contribution in [0.15, 0.2) is 23.0 Å². The first-order valence-corrected chi connectivity index (χ1v) is 7.47. The number of hydrogen-bond acceptors (Lipinski definition) is 2. The van der Waals surface area contributed by atoms with Crippen LogP contribution in [-0.2, 0) is 0 Å². The maximum absolute atomic E-state index is 12.3. The maximum atomic E-state index is 12.3. The fourth-order valence-corrected chi connectivity index (χ4v) is 3.19. The molecular formula is C16H24N2O2. The van der Waals surface area contributed by atoms with E-state index in [1.807, 2.05) is 0 Å². The van der Waals surface area contributed by atoms with Crippen LogP contribution in [0.2, 0.25) is 0 Å². The molecular weight excluding hydrogens is 252 g/mol. The minimum atomic E-state index is -0.241. The van der Waals surface area contributed by atoms with E-state index in [2.05, 4.69) is 31.1 Å². The van der Waals surface area contributed by atoms with Gasteiger partial charge in [-0.1, -0.05) is 33.3 Å². The molecule has 4 nitrogen and oxygen atoms in total. The van der Waals surface area contributed by atoms with E-state index in [1.54, 1.807) is 12.1 Å². The van der Waals surface area contributed by atoms with E-state index in [9.17, 15) is 9.59 Å². The summed E-state index contributed by atoms with van der Waals surface area (Å²) in [7, 11) is 0. The van der Waals surface area contributed by atoms with Crippen LogP contribution in [0.3, 0.4) is 0 Å². The number of carbonyl (C=O) groups excluding carboxylic acids is 1. The Bertz CT molecular complexity index is 521. The molecule has 1 aliphatic carbocycles. The molecule has 1 fully saturated rings. The van der Waals surface area contributed by atoms with E-state index in [-0.39, 0.29) is 17.5 Å². The molecule has 1 aromatic heterocycles. The van der Waals surface area contributed by atoms with Crippen LogP contribution >= 0.6 is 0 Å². The lowest BCUT2D eigenvalue weighted by Gasteiger charge is -2.37. The van der Waals surface area contributed by atoms with Gasteiger partial charge in [-0.25, -0.2) is 0 Å². The number of amides is 1. The van der Waals surface area contributed by atoms with Crippen LogP contribution in [0.5, 0.6) is 0 Å². The molecule has 2 N–H and O–H groups in total. The smallest absolute Gasteiger partial charge is 0.268 e. The fourth-order valence-electron chi connectivity index (χ4n) is 3.19. The molecule has 0 radical (unpaired) electrons. The minimum absolute atomic E-state index is 0.174. The largest absolute Gasteiger partial charge is 0.348 e. The molecule has 1 aliphatic rings. The monoisotopic (exact) mass is 276 g/mol. The van der Waals surface area contributed by atoms with Gasteiger partial charge in [-0.15, -0.1) is 0 Å². The maximum Gasteiger partial charge on any atom is 0.268 e. The van der Waals surface area contributed by atoms with E-state index in [0.29, 0.717) is 23.4 Å². The summed E-state index contributed by atoms with van der Waals surface area (Å²) in [6, 6.07) is 4.87. The van der Waals surface area contributed by atoms with Crippen molar-refractivity contribution in [2.24, 2.45) is 17.8 Å². The molecule has 1 amide bonds. The van der Waals surface area contributed by atoms with Gasteiger partial charge in [0.25, 0.3) is 5.91 Å². The van der Waals surface area contributed by atoms with Gasteiger partial charge in [0.2, 0.25) is 5.56 Å². The van der Waals surface area contributed by atoms with Crippen molar-refractivity contribution in [3.63, 3.8) is 0 Å². The Balaban J connectivity index is 2.10. The van der Waals surface area contributed by atoms with Crippen LogP contribution < -0.4 is 10.9 Å². The number of rotatable bonds is 3. The highest BCUT2D eigenvalue weighted by Crippen LogP contribution is 2.33. The molecule has 110 valence electrons. The first kappa shape index (κ1) is 14.8. The van der Waals surface area contributed by atoms with Crippen molar-refractivity contribution in [3.8, 4) is 0 Å². The zero-order valence-corrected chi connectivity index (χ0v) is 12.5. The van der Waals surface area contributed by atoms with Gasteiger partial charge in [0.15, 0.2) is 0 Å². The summed E-state index contributed by atoms with van der Waals surface area (Å²) < 4.78 is 0. The average molecular weight is 276 g/mol. The van der Waals surface area contributed by atoms with E-state index < -0.39 is 0 Å². The Morgan fingerprint density at radius 3 is 2.75 bits per heavy atom. The molecule has 4 heteroatoms. The molecule has 1 saturated carbocycles. The lowest BCUT2D eigenvalue weighted by atomic mass is 9.74. The molecule has 0 bridgehead atoms. The normalized spacial score (nSPS) is 26.5. The number of aromatic nitrogens is 1. The zero-order valence-electron chi connectivity index (χ0n) is 12.5. The molecule has 3 unspecified atom stereocenters. The van der Waals surface area contributed by atoms with E-state index in [4.69, 9.17) is 0 Å². The number of hydrogen-bond donors (Lipinski definition) is 2. The molecule has 0 aliphatic heterocycles. The Labute approximate surface area is 120 Å². The SMILES string of the molecule is CC1CCC(C(C)C)C(NC(=O)c2cccc(=O)[nH]2)C1. The highest BCUT2D eigenvalue weighted by molar-refractivity contribution is 5.92. The van der Waals surface area contributed by atoms with Crippen molar-refractivity contribution in [2.75, 3.05) is 0 Å². The third kappa shape index (κ3) is 3.50. The second kappa shape index (κ2) is 6.25. The third-order valence-corrected chi connectivity index (χ3v) is 4.35. The predicted molar refractivity (Wildman–Crippen MR) is 79.7 cm³/mol. The molecule has 1 heterocycles. The van der Waals surface area contributed by atoms with Gasteiger partial charge in [-0.2, -0.15) is 0 Å². The Hall–Kier alpha value is -1.58. The van der Waals surface area contributed by atoms with Crippen molar-refractivity contribution in [1.29, 1.82) is 0 Å². The van der Waals surface area contributed by atoms with E-state index in [0.717, 1.165) is 12.8 Å². The molecule has 0 saturated heterocycles. The summed E-state index contributed by atoms with van der Waals surface area (Å²) in [5.41, 5.74) is 0.105. The third-order valence-electron chi connectivity index (χ3n) is 4.35. The number of pyridine rings is 1. The topological polar surface area (TPSA) is 62.0 Å². The van der Waals surface area contributed by atoms with Crippen molar-refractivity contribution < 1.29 is 4.79 Å². The average Bonchev–Trinajstić information content (AvgIpc) is 2.38. The Morgan fingerprint density at radius 2 is 2.10 bits per heavy atom. The van der Waals surface area contributed by atoms with Crippen LogP contribution in [0.1, 0.15) is 50.5 Å². The molecule has 3 atom stereocenters. The fraction of sp³-hybridized carbons (Fsp3) is 0.625. The van der Waals surface area contributed by atoms with Gasteiger partial charge < -0.3 is 10.3 Å². The van der Waals surface area contributed by atoms with Gasteiger partial charge in [0, 0.05) is 12.1 Å². The van der Waals surface area contributed by atoms with Crippen molar-refractivity contribution in [3.05, 3.63) is 34.2 Å². The molecule has 20 heavy (non-hydrogen) atoms. The quantitative estimate of drug-likeness (QED) is 0.891. The molecule has 1 aromatic rings. The van der Waals surface area contributed by atoms with Crippen LogP contribution in [0.25, 0.3) is 0 Å². The summed E-state index contributed by atoms with van der Waals surface area (Å²) in [6.45, 7) is 6.66. The zero-order chi connectivity index (χ0) is 14.7. The first-order valence-electron chi connectivity index (χ1n) is 7.47. The Kier molecular flexibility index (Phi) is 4.63. The number of aromatic amines is 1. The van der Waals surface area contributed by atoms with Gasteiger partial charge >= 0.3 is 0 Å². The van der Waals surface area contributed by atoms with Crippen LogP contribution in [-0.4, -0.2) is 16.9 Å². The van der Waals surface area contributed by atoms with Crippen LogP contribution in [0, 0.1) is 17.8 Å². The lowest BCUT2D eigenvalue weighted by molar-refractivity contribution is 0.0862. The highest BCUT2D eigenvalue weighted by Gasteiger charge is 2.31. The Morgan fingerprint density at radius 1 is 1.35 bits per heavy atom. The van der Waals surface area contributed by atoms with E-state index in [1.165, 1.54) is 12.5 Å². The van der Waals surface area contributed by atoms with Gasteiger partial charge in [-0.05, 0) is 36.7 Å². The van der Waals surface area contributed by atoms with Gasteiger partial charge in [0.1, 0.15) is 5.69 Å². The predicted octanol–water partition coefficient (Wildman–Crippen LogP) is 2.57. The van der Waals surface area contributed by atoms with Crippen molar-refractivity contribution in [2.45, 2.75) is 46.1 Å². The summed E-state index contributed by atoms with van der Waals surface area (Å²) in [6.07, 6.45) is 3.41. The van der Waals surface area contributed by atoms with Crippen molar-refractivity contribution >= 4 is 5.91 Å². The number of carbonyl (C=O) groups is 1. The summed E-state index contributed by atoms with van der Waals surface area (Å²) in [4.78, 5) is 26.1. The second-order valence-electron chi connectivity index (χ2n) is 6.33. The molecule has 2 rings (SSSR count). The second-order valence-corrected chi connectivity index (χ2v) is 6.33. The highest BCUT2D eigenvalue weighted by atomic mass is 16.2. The summed E-state index contributed by atoms with van der Waals surface area (Å²) >= 11 is 0. The first-order chi connectivity index (χ1) is 9.47. The molecule has 0 aromatic carbocycles. The lowest BCUT2D eigenvalue weighted by Crippen LogP contribution is -2.46. The molecule has 0 spiro atoms. The van der Waals surface area contributed by atoms with Gasteiger partial charge in [-0.3, -0.25) is 9.59 Å². The summed E-state index contributed by atoms with van der Waals surface area (Å²) in [5.74, 6) is 1.55. The number of nitrogens with one attached hydrogen (secondary N) is 2. The van der Waals surface area contributed by atoms with E-state index >= 15 is 0 Å².